The molecule has 0 bridgehead atoms. The van der Waals surface area contributed by atoms with Crippen molar-refractivity contribution >= 4 is 0 Å². The minimum Gasteiger partial charge on any atom is -0.323 e. The van der Waals surface area contributed by atoms with Crippen LogP contribution in [-0.2, 0) is 12.8 Å². The first-order valence-corrected chi connectivity index (χ1v) is 7.69. The summed E-state index contributed by atoms with van der Waals surface area (Å²) in [7, 11) is 2.18. The van der Waals surface area contributed by atoms with E-state index in [1.54, 1.807) is 0 Å². The van der Waals surface area contributed by atoms with E-state index in [2.05, 4.69) is 47.3 Å². The van der Waals surface area contributed by atoms with Gasteiger partial charge in [-0.05, 0) is 43.1 Å². The maximum atomic E-state index is 6.50. The summed E-state index contributed by atoms with van der Waals surface area (Å²) in [6.07, 6.45) is 5.10. The molecule has 1 heterocycles. The van der Waals surface area contributed by atoms with E-state index in [-0.39, 0.29) is 6.04 Å². The molecule has 3 nitrogen and oxygen atoms in total. The lowest BCUT2D eigenvalue weighted by Crippen LogP contribution is -2.44. The molecule has 0 radical (unpaired) electrons. The van der Waals surface area contributed by atoms with Gasteiger partial charge in [0.15, 0.2) is 0 Å². The zero-order chi connectivity index (χ0) is 14.7. The van der Waals surface area contributed by atoms with E-state index in [0.29, 0.717) is 6.04 Å². The molecule has 0 saturated carbocycles. The number of likely N-dealkylation sites (N-methyl/N-ethyl adjacent to an activating group) is 1. The van der Waals surface area contributed by atoms with Gasteiger partial charge >= 0.3 is 0 Å². The summed E-state index contributed by atoms with van der Waals surface area (Å²) in [5.41, 5.74) is 10.4. The Kier molecular flexibility index (Phi) is 4.32. The molecule has 1 aromatic heterocycles. The number of hydrogen-bond acceptors (Lipinski definition) is 3. The molecule has 1 aromatic carbocycles. The lowest BCUT2D eigenvalue weighted by Gasteiger charge is -2.37. The van der Waals surface area contributed by atoms with Crippen molar-refractivity contribution in [3.8, 4) is 0 Å². The second kappa shape index (κ2) is 6.37. The summed E-state index contributed by atoms with van der Waals surface area (Å²) in [4.78, 5) is 6.79. The van der Waals surface area contributed by atoms with Crippen LogP contribution in [0.1, 0.15) is 29.3 Å². The van der Waals surface area contributed by atoms with Crippen molar-refractivity contribution in [2.45, 2.75) is 31.3 Å². The third-order valence-electron chi connectivity index (χ3n) is 4.55. The molecule has 0 aliphatic heterocycles. The van der Waals surface area contributed by atoms with Crippen LogP contribution < -0.4 is 5.73 Å². The lowest BCUT2D eigenvalue weighted by molar-refractivity contribution is 0.193. The molecule has 110 valence electrons. The Hall–Kier alpha value is -1.71. The number of rotatable bonds is 4. The van der Waals surface area contributed by atoms with Crippen LogP contribution in [0.5, 0.6) is 0 Å². The quantitative estimate of drug-likeness (QED) is 0.936. The Morgan fingerprint density at radius 2 is 2.00 bits per heavy atom. The van der Waals surface area contributed by atoms with Gasteiger partial charge in [-0.2, -0.15) is 0 Å². The van der Waals surface area contributed by atoms with E-state index in [9.17, 15) is 0 Å². The third kappa shape index (κ3) is 3.14. The Bertz CT molecular complexity index is 582. The Labute approximate surface area is 126 Å². The molecular formula is C18H23N3. The number of nitrogens with zero attached hydrogens (tertiary/aromatic N) is 2. The first-order chi connectivity index (χ1) is 10.3. The molecule has 3 heteroatoms. The molecule has 2 aromatic rings. The standard InChI is InChI=1S/C18H23N3/c1-21(13-11-15-7-4-5-12-20-15)17-10-9-14-6-2-3-8-16(14)18(17)19/h2-8,12,17-18H,9-11,13,19H2,1H3. The molecule has 1 aliphatic carbocycles. The molecule has 2 unspecified atom stereocenters. The van der Waals surface area contributed by atoms with Gasteiger partial charge in [-0.15, -0.1) is 0 Å². The molecule has 2 N–H and O–H groups in total. The average Bonchev–Trinajstić information content (AvgIpc) is 2.54. The zero-order valence-corrected chi connectivity index (χ0v) is 12.6. The topological polar surface area (TPSA) is 42.2 Å². The van der Waals surface area contributed by atoms with Gasteiger partial charge in [0.25, 0.3) is 0 Å². The monoisotopic (exact) mass is 281 g/mol. The van der Waals surface area contributed by atoms with Gasteiger partial charge in [-0.3, -0.25) is 4.98 Å². The van der Waals surface area contributed by atoms with Gasteiger partial charge in [-0.1, -0.05) is 30.3 Å². The van der Waals surface area contributed by atoms with Crippen molar-refractivity contribution < 1.29 is 0 Å². The number of aryl methyl sites for hydroxylation is 1. The number of pyridine rings is 1. The van der Waals surface area contributed by atoms with E-state index in [1.807, 2.05) is 18.3 Å². The minimum atomic E-state index is 0.115. The Morgan fingerprint density at radius 3 is 2.81 bits per heavy atom. The molecular weight excluding hydrogens is 258 g/mol. The van der Waals surface area contributed by atoms with Crippen LogP contribution in [0.25, 0.3) is 0 Å². The Morgan fingerprint density at radius 1 is 1.19 bits per heavy atom. The summed E-state index contributed by atoms with van der Waals surface area (Å²) in [5, 5.41) is 0. The van der Waals surface area contributed by atoms with Crippen molar-refractivity contribution in [2.75, 3.05) is 13.6 Å². The fraction of sp³-hybridized carbons (Fsp3) is 0.389. The van der Waals surface area contributed by atoms with Crippen LogP contribution >= 0.6 is 0 Å². The van der Waals surface area contributed by atoms with Crippen molar-refractivity contribution in [3.63, 3.8) is 0 Å². The van der Waals surface area contributed by atoms with E-state index >= 15 is 0 Å². The average molecular weight is 281 g/mol. The summed E-state index contributed by atoms with van der Waals surface area (Å²) < 4.78 is 0. The van der Waals surface area contributed by atoms with Gasteiger partial charge in [0.05, 0.1) is 0 Å². The van der Waals surface area contributed by atoms with Crippen molar-refractivity contribution in [2.24, 2.45) is 5.73 Å². The van der Waals surface area contributed by atoms with Gasteiger partial charge in [0.1, 0.15) is 0 Å². The third-order valence-corrected chi connectivity index (χ3v) is 4.55. The second-order valence-electron chi connectivity index (χ2n) is 5.88. The van der Waals surface area contributed by atoms with Crippen LogP contribution in [-0.4, -0.2) is 29.5 Å². The van der Waals surface area contributed by atoms with Crippen LogP contribution in [0.4, 0.5) is 0 Å². The van der Waals surface area contributed by atoms with E-state index < -0.39 is 0 Å². The fourth-order valence-electron chi connectivity index (χ4n) is 3.27. The van der Waals surface area contributed by atoms with Crippen molar-refractivity contribution in [3.05, 3.63) is 65.5 Å². The van der Waals surface area contributed by atoms with Crippen LogP contribution in [0, 0.1) is 0 Å². The number of aromatic nitrogens is 1. The molecule has 0 amide bonds. The molecule has 21 heavy (non-hydrogen) atoms. The smallest absolute Gasteiger partial charge is 0.0455 e. The van der Waals surface area contributed by atoms with Gasteiger partial charge < -0.3 is 10.6 Å². The zero-order valence-electron chi connectivity index (χ0n) is 12.6. The largest absolute Gasteiger partial charge is 0.323 e. The number of hydrogen-bond donors (Lipinski definition) is 1. The van der Waals surface area contributed by atoms with E-state index in [0.717, 1.165) is 31.5 Å². The maximum Gasteiger partial charge on any atom is 0.0455 e. The molecule has 0 fully saturated rings. The molecule has 0 spiro atoms. The summed E-state index contributed by atoms with van der Waals surface area (Å²) in [6.45, 7) is 0.998. The highest BCUT2D eigenvalue weighted by molar-refractivity contribution is 5.33. The predicted octanol–water partition coefficient (Wildman–Crippen LogP) is 2.57. The maximum absolute atomic E-state index is 6.50. The van der Waals surface area contributed by atoms with Crippen molar-refractivity contribution in [1.29, 1.82) is 0 Å². The van der Waals surface area contributed by atoms with E-state index in [4.69, 9.17) is 5.73 Å². The highest BCUT2D eigenvalue weighted by atomic mass is 15.1. The van der Waals surface area contributed by atoms with Gasteiger partial charge in [-0.25, -0.2) is 0 Å². The highest BCUT2D eigenvalue weighted by Crippen LogP contribution is 2.30. The second-order valence-corrected chi connectivity index (χ2v) is 5.88. The molecule has 0 saturated heterocycles. The number of fused-ring (bicyclic) bond motifs is 1. The van der Waals surface area contributed by atoms with Crippen molar-refractivity contribution in [1.82, 2.24) is 9.88 Å². The van der Waals surface area contributed by atoms with Crippen LogP contribution in [0.2, 0.25) is 0 Å². The highest BCUT2D eigenvalue weighted by Gasteiger charge is 2.28. The first-order valence-electron chi connectivity index (χ1n) is 7.69. The fourth-order valence-corrected chi connectivity index (χ4v) is 3.27. The Balaban J connectivity index is 1.65. The molecule has 3 rings (SSSR count). The normalized spacial score (nSPS) is 21.3. The number of benzene rings is 1. The molecule has 2 atom stereocenters. The van der Waals surface area contributed by atoms with Gasteiger partial charge in [0.2, 0.25) is 0 Å². The minimum absolute atomic E-state index is 0.115. The SMILES string of the molecule is CN(CCc1ccccn1)C1CCc2ccccc2C1N. The lowest BCUT2D eigenvalue weighted by atomic mass is 9.84. The van der Waals surface area contributed by atoms with Crippen LogP contribution in [0.15, 0.2) is 48.7 Å². The van der Waals surface area contributed by atoms with Gasteiger partial charge in [0, 0.05) is 36.9 Å². The summed E-state index contributed by atoms with van der Waals surface area (Å²) >= 11 is 0. The van der Waals surface area contributed by atoms with Crippen LogP contribution in [0.3, 0.4) is 0 Å². The number of nitrogens with two attached hydrogens (primary N) is 1. The van der Waals surface area contributed by atoms with E-state index in [1.165, 1.54) is 11.1 Å². The summed E-state index contributed by atoms with van der Waals surface area (Å²) in [5.74, 6) is 0. The molecule has 1 aliphatic rings. The first kappa shape index (κ1) is 14.2. The summed E-state index contributed by atoms with van der Waals surface area (Å²) in [6, 6.07) is 15.2. The predicted molar refractivity (Wildman–Crippen MR) is 86.1 cm³/mol.